The Balaban J connectivity index is 0. The summed E-state index contributed by atoms with van der Waals surface area (Å²) in [6, 6.07) is 33.4. The second-order valence-electron chi connectivity index (χ2n) is 15.0. The van der Waals surface area contributed by atoms with E-state index in [-0.39, 0.29) is 33.2 Å². The fraction of sp³-hybridized carbons (Fsp3) is 0.592. The van der Waals surface area contributed by atoms with Gasteiger partial charge in [0.1, 0.15) is 6.16 Å². The maximum Gasteiger partial charge on any atom is 0.257 e. The van der Waals surface area contributed by atoms with Crippen LogP contribution >= 0.6 is 38.9 Å². The Hall–Kier alpha value is -1.12. The van der Waals surface area contributed by atoms with Gasteiger partial charge in [0.25, 0.3) is 5.91 Å². The topological polar surface area (TPSA) is 76.7 Å². The van der Waals surface area contributed by atoms with Crippen LogP contribution in [0.5, 0.6) is 0 Å². The van der Waals surface area contributed by atoms with Crippen LogP contribution in [-0.4, -0.2) is 91.6 Å². The van der Waals surface area contributed by atoms with Crippen molar-refractivity contribution in [2.45, 2.75) is 136 Å². The van der Waals surface area contributed by atoms with Gasteiger partial charge >= 0.3 is 0 Å². The summed E-state index contributed by atoms with van der Waals surface area (Å²) < 4.78 is 7.44. The van der Waals surface area contributed by atoms with E-state index in [1.54, 1.807) is 10.6 Å². The molecule has 1 unspecified atom stereocenters. The van der Waals surface area contributed by atoms with Crippen molar-refractivity contribution in [2.75, 3.05) is 52.0 Å². The maximum atomic E-state index is 12.9. The number of carbonyl (C=O) groups is 2. The number of amides is 2. The summed E-state index contributed by atoms with van der Waals surface area (Å²) in [5, 5.41) is 10.4. The molecule has 0 bridgehead atoms. The average Bonchev–Trinajstić information content (AvgIpc) is 3.27. The second kappa shape index (κ2) is 45.9. The molecule has 0 aliphatic heterocycles. The van der Waals surface area contributed by atoms with Gasteiger partial charge < -0.3 is 10.6 Å². The van der Waals surface area contributed by atoms with Crippen molar-refractivity contribution in [2.24, 2.45) is 0 Å². The van der Waals surface area contributed by atoms with E-state index in [0.717, 1.165) is 32.3 Å². The van der Waals surface area contributed by atoms with Gasteiger partial charge in [0.2, 0.25) is 6.41 Å². The van der Waals surface area contributed by atoms with Crippen molar-refractivity contribution >= 4 is 94.4 Å². The molecule has 0 aliphatic rings. The van der Waals surface area contributed by atoms with Crippen LogP contribution in [0, 0.1) is 0 Å². The molecule has 0 aromatic heterocycles. The van der Waals surface area contributed by atoms with E-state index < -0.39 is 15.2 Å². The van der Waals surface area contributed by atoms with Crippen LogP contribution in [-0.2, 0) is 18.2 Å². The van der Waals surface area contributed by atoms with Crippen molar-refractivity contribution in [3.63, 3.8) is 0 Å². The number of hydrogen-bond donors (Lipinski definition) is 2. The molecule has 1 atom stereocenters. The first-order valence-corrected chi connectivity index (χ1v) is 27.2. The third kappa shape index (κ3) is 31.7. The van der Waals surface area contributed by atoms with E-state index >= 15 is 0 Å². The van der Waals surface area contributed by atoms with Gasteiger partial charge in [-0.1, -0.05) is 145 Å². The standard InChI is InChI=1S/C37H53NOP2.C10H21NO.2CH3ClO.Pb/c1-3-5-6-7-8-9-21-30-38-37(39)33-40(34-24-15-12-16-25-34)31-22-10-11-23-32-41(4-2,35-26-17-13-18-27-35)36-28-19-14-20-29-36;1-2-3-4-5-6-7-8-9-11-10-12;2*1-3-2;/h12-20,24-29H,3-11,21-23,30-33H2,1-2H3;10H,2-9H2,1H3,(H,11,12);2*1H3;/p+2. The fourth-order valence-corrected chi connectivity index (χ4v) is 13.9. The van der Waals surface area contributed by atoms with Crippen LogP contribution in [0.2, 0.25) is 0 Å². The molecule has 3 aromatic rings. The first-order chi connectivity index (χ1) is 28.9. The molecule has 0 saturated carbocycles. The summed E-state index contributed by atoms with van der Waals surface area (Å²) in [5.41, 5.74) is 0. The van der Waals surface area contributed by atoms with Crippen LogP contribution in [0.4, 0.5) is 0 Å². The van der Waals surface area contributed by atoms with E-state index in [0.29, 0.717) is 6.16 Å². The number of carbonyl (C=O) groups excluding carboxylic acids is 2. The zero-order valence-electron chi connectivity index (χ0n) is 38.0. The van der Waals surface area contributed by atoms with Gasteiger partial charge in [0.15, 0.2) is 0 Å². The molecule has 0 heterocycles. The van der Waals surface area contributed by atoms with E-state index in [1.165, 1.54) is 141 Å². The van der Waals surface area contributed by atoms with Gasteiger partial charge in [-0.15, -0.1) is 0 Å². The SMILES string of the molecule is CCCCCCCCCNC(=O)C[PH+](CCCCCC[P+](CC)(c1ccccc1)c1ccccc1)c1ccccc1.CCCCCCCCCNC=O.COCl.COCl.[Pb]. The fourth-order valence-electron chi connectivity index (χ4n) is 7.25. The minimum Gasteiger partial charge on any atom is -0.359 e. The van der Waals surface area contributed by atoms with Crippen molar-refractivity contribution in [1.82, 2.24) is 10.6 Å². The van der Waals surface area contributed by atoms with Crippen molar-refractivity contribution < 1.29 is 18.2 Å². The Bertz CT molecular complexity index is 1300. The number of unbranched alkanes of at least 4 members (excludes halogenated alkanes) is 15. The molecule has 2 amide bonds. The average molecular weight is 1100 g/mol. The molecular weight excluding hydrogens is 1020 g/mol. The maximum absolute atomic E-state index is 12.9. The molecule has 4 radical (unpaired) electrons. The van der Waals surface area contributed by atoms with E-state index in [4.69, 9.17) is 0 Å². The number of hydrogen-bond acceptors (Lipinski definition) is 4. The van der Waals surface area contributed by atoms with Gasteiger partial charge in [-0.05, 0) is 81.8 Å². The molecule has 60 heavy (non-hydrogen) atoms. The molecule has 0 fully saturated rings. The zero-order valence-corrected chi connectivity index (χ0v) is 45.3. The number of rotatable bonds is 30. The van der Waals surface area contributed by atoms with Crippen LogP contribution in [0.1, 0.15) is 136 Å². The van der Waals surface area contributed by atoms with Crippen molar-refractivity contribution in [3.8, 4) is 0 Å². The van der Waals surface area contributed by atoms with E-state index in [2.05, 4.69) is 155 Å². The second-order valence-corrected chi connectivity index (χ2v) is 22.3. The summed E-state index contributed by atoms with van der Waals surface area (Å²) >= 11 is 9.00. The third-order valence-electron chi connectivity index (χ3n) is 10.5. The smallest absolute Gasteiger partial charge is 0.257 e. The summed E-state index contributed by atoms with van der Waals surface area (Å²) in [6.07, 6.45) is 28.3. The van der Waals surface area contributed by atoms with Crippen LogP contribution in [0.15, 0.2) is 91.0 Å². The Kier molecular flexibility index (Phi) is 46.6. The molecule has 338 valence electrons. The molecule has 3 aromatic carbocycles. The number of benzene rings is 3. The molecule has 0 spiro atoms. The minimum atomic E-state index is -1.39. The van der Waals surface area contributed by atoms with E-state index in [1.807, 2.05) is 0 Å². The first-order valence-electron chi connectivity index (χ1n) is 22.6. The summed E-state index contributed by atoms with van der Waals surface area (Å²) in [4.78, 5) is 22.7. The van der Waals surface area contributed by atoms with Gasteiger partial charge in [0.05, 0.1) is 79.6 Å². The molecule has 3 rings (SSSR count). The summed E-state index contributed by atoms with van der Waals surface area (Å²) in [7, 11) is 0.507. The quantitative estimate of drug-likeness (QED) is 0.0302. The minimum absolute atomic E-state index is 0. The van der Waals surface area contributed by atoms with E-state index in [9.17, 15) is 9.59 Å². The van der Waals surface area contributed by atoms with Gasteiger partial charge in [-0.3, -0.25) is 18.2 Å². The normalized spacial score (nSPS) is 10.9. The van der Waals surface area contributed by atoms with Crippen LogP contribution in [0.25, 0.3) is 0 Å². The Morgan fingerprint density at radius 2 is 1.00 bits per heavy atom. The van der Waals surface area contributed by atoms with Gasteiger partial charge in [0, 0.05) is 48.3 Å². The molecular formula is C49H82Cl2N2O4P2Pb+2. The third-order valence-corrected chi connectivity index (χ3v) is 18.1. The summed E-state index contributed by atoms with van der Waals surface area (Å²) in [5.74, 6) is 0.261. The number of nitrogens with one attached hydrogen (secondary N) is 2. The molecule has 0 aliphatic carbocycles. The molecule has 11 heteroatoms. The van der Waals surface area contributed by atoms with Gasteiger partial charge in [-0.2, -0.15) is 0 Å². The Labute approximate surface area is 399 Å². The van der Waals surface area contributed by atoms with Gasteiger partial charge in [-0.25, -0.2) is 0 Å². The number of halogens is 2. The van der Waals surface area contributed by atoms with Crippen molar-refractivity contribution in [1.29, 1.82) is 0 Å². The first kappa shape index (κ1) is 61.0. The summed E-state index contributed by atoms with van der Waals surface area (Å²) in [6.45, 7) is 8.56. The largest absolute Gasteiger partial charge is 0.359 e. The Morgan fingerprint density at radius 3 is 1.45 bits per heavy atom. The van der Waals surface area contributed by atoms with Crippen LogP contribution in [0.3, 0.4) is 0 Å². The molecule has 2 N–H and O–H groups in total. The zero-order chi connectivity index (χ0) is 43.5. The van der Waals surface area contributed by atoms with Crippen molar-refractivity contribution in [3.05, 3.63) is 91.0 Å². The molecule has 6 nitrogen and oxygen atoms in total. The predicted octanol–water partition coefficient (Wildman–Crippen LogP) is 12.3. The predicted molar refractivity (Wildman–Crippen MR) is 272 cm³/mol. The van der Waals surface area contributed by atoms with Crippen LogP contribution < -0.4 is 26.5 Å². The Morgan fingerprint density at radius 1 is 0.600 bits per heavy atom. The monoisotopic (exact) mass is 1100 g/mol. The molecule has 0 saturated heterocycles.